The lowest BCUT2D eigenvalue weighted by Crippen LogP contribution is -2.39. The fourth-order valence-electron chi connectivity index (χ4n) is 2.43. The van der Waals surface area contributed by atoms with E-state index in [4.69, 9.17) is 5.26 Å². The molecule has 2 rings (SSSR count). The van der Waals surface area contributed by atoms with Crippen LogP contribution >= 0.6 is 0 Å². The molecule has 1 aliphatic rings. The molecule has 1 saturated heterocycles. The summed E-state index contributed by atoms with van der Waals surface area (Å²) < 4.78 is 0. The molecule has 1 aromatic carbocycles. The molecule has 0 saturated carbocycles. The maximum atomic E-state index is 11.6. The summed E-state index contributed by atoms with van der Waals surface area (Å²) in [6, 6.07) is 9.84. The summed E-state index contributed by atoms with van der Waals surface area (Å²) in [5.41, 5.74) is 1.69. The van der Waals surface area contributed by atoms with Gasteiger partial charge in [-0.2, -0.15) is 5.26 Å². The van der Waals surface area contributed by atoms with Crippen LogP contribution in [0.3, 0.4) is 0 Å². The molecule has 0 unspecified atom stereocenters. The largest absolute Gasteiger partial charge is 0.370 e. The van der Waals surface area contributed by atoms with E-state index < -0.39 is 0 Å². The standard InChI is InChI=1S/C14H17N3O/c1-16-14(18)11-6-8-17(9-7-11)13-5-3-2-4-12(13)10-15/h2-5,11H,6-9H2,1H3,(H,16,18). The SMILES string of the molecule is CNC(=O)C1CCN(c2ccccc2C#N)CC1. The van der Waals surface area contributed by atoms with Gasteiger partial charge in [-0.1, -0.05) is 12.1 Å². The van der Waals surface area contributed by atoms with Gasteiger partial charge in [0.2, 0.25) is 5.91 Å². The lowest BCUT2D eigenvalue weighted by atomic mass is 9.95. The summed E-state index contributed by atoms with van der Waals surface area (Å²) in [5.74, 6) is 0.240. The van der Waals surface area contributed by atoms with Crippen LogP contribution in [0.2, 0.25) is 0 Å². The van der Waals surface area contributed by atoms with E-state index in [0.29, 0.717) is 5.56 Å². The molecule has 94 valence electrons. The third-order valence-electron chi connectivity index (χ3n) is 3.48. The molecule has 1 aromatic rings. The van der Waals surface area contributed by atoms with Gasteiger partial charge in [0.1, 0.15) is 6.07 Å². The smallest absolute Gasteiger partial charge is 0.222 e. The van der Waals surface area contributed by atoms with E-state index in [2.05, 4.69) is 16.3 Å². The highest BCUT2D eigenvalue weighted by Gasteiger charge is 2.25. The molecule has 1 amide bonds. The molecule has 4 heteroatoms. The number of benzene rings is 1. The predicted molar refractivity (Wildman–Crippen MR) is 70.2 cm³/mol. The van der Waals surface area contributed by atoms with Crippen LogP contribution in [0, 0.1) is 17.2 Å². The van der Waals surface area contributed by atoms with Crippen LogP contribution in [0.4, 0.5) is 5.69 Å². The third kappa shape index (κ3) is 2.45. The van der Waals surface area contributed by atoms with Gasteiger partial charge >= 0.3 is 0 Å². The van der Waals surface area contributed by atoms with Crippen LogP contribution < -0.4 is 10.2 Å². The summed E-state index contributed by atoms with van der Waals surface area (Å²) in [6.07, 6.45) is 1.69. The van der Waals surface area contributed by atoms with E-state index in [1.165, 1.54) is 0 Å². The minimum Gasteiger partial charge on any atom is -0.370 e. The van der Waals surface area contributed by atoms with Crippen molar-refractivity contribution in [3.05, 3.63) is 29.8 Å². The summed E-state index contributed by atoms with van der Waals surface area (Å²) in [4.78, 5) is 13.7. The number of carbonyl (C=O) groups is 1. The van der Waals surface area contributed by atoms with E-state index in [1.54, 1.807) is 7.05 Å². The number of para-hydroxylation sites is 1. The second-order valence-electron chi connectivity index (χ2n) is 4.50. The Kier molecular flexibility index (Phi) is 3.83. The number of hydrogen-bond donors (Lipinski definition) is 1. The monoisotopic (exact) mass is 243 g/mol. The molecule has 1 fully saturated rings. The third-order valence-corrected chi connectivity index (χ3v) is 3.48. The first-order chi connectivity index (χ1) is 8.76. The Balaban J connectivity index is 2.06. The average molecular weight is 243 g/mol. The molecule has 4 nitrogen and oxygen atoms in total. The number of rotatable bonds is 2. The van der Waals surface area contributed by atoms with Gasteiger partial charge in [0.25, 0.3) is 0 Å². The quantitative estimate of drug-likeness (QED) is 0.856. The van der Waals surface area contributed by atoms with Crippen LogP contribution in [-0.4, -0.2) is 26.0 Å². The van der Waals surface area contributed by atoms with Crippen molar-refractivity contribution in [2.45, 2.75) is 12.8 Å². The molecule has 18 heavy (non-hydrogen) atoms. The van der Waals surface area contributed by atoms with E-state index >= 15 is 0 Å². The fraction of sp³-hybridized carbons (Fsp3) is 0.429. The fourth-order valence-corrected chi connectivity index (χ4v) is 2.43. The van der Waals surface area contributed by atoms with Gasteiger partial charge in [0.15, 0.2) is 0 Å². The summed E-state index contributed by atoms with van der Waals surface area (Å²) in [5, 5.41) is 11.8. The molecule has 0 bridgehead atoms. The minimum atomic E-state index is 0.112. The topological polar surface area (TPSA) is 56.1 Å². The van der Waals surface area contributed by atoms with Gasteiger partial charge < -0.3 is 10.2 Å². The normalized spacial score (nSPS) is 16.1. The molecule has 0 radical (unpaired) electrons. The zero-order valence-corrected chi connectivity index (χ0v) is 10.5. The van der Waals surface area contributed by atoms with E-state index in [-0.39, 0.29) is 11.8 Å². The predicted octanol–water partition coefficient (Wildman–Crippen LogP) is 1.52. The summed E-state index contributed by atoms with van der Waals surface area (Å²) in [6.45, 7) is 1.66. The molecule has 0 aliphatic carbocycles. The maximum Gasteiger partial charge on any atom is 0.222 e. The van der Waals surface area contributed by atoms with Crippen molar-refractivity contribution in [3.8, 4) is 6.07 Å². The van der Waals surface area contributed by atoms with Crippen LogP contribution in [0.15, 0.2) is 24.3 Å². The van der Waals surface area contributed by atoms with E-state index in [0.717, 1.165) is 31.6 Å². The highest BCUT2D eigenvalue weighted by atomic mass is 16.1. The highest BCUT2D eigenvalue weighted by molar-refractivity contribution is 5.78. The lowest BCUT2D eigenvalue weighted by Gasteiger charge is -2.33. The Morgan fingerprint density at radius 2 is 2.06 bits per heavy atom. The van der Waals surface area contributed by atoms with E-state index in [1.807, 2.05) is 24.3 Å². The van der Waals surface area contributed by atoms with Crippen molar-refractivity contribution in [1.29, 1.82) is 5.26 Å². The molecule has 0 spiro atoms. The Morgan fingerprint density at radius 3 is 2.67 bits per heavy atom. The Morgan fingerprint density at radius 1 is 1.39 bits per heavy atom. The Hall–Kier alpha value is -2.02. The molecule has 1 N–H and O–H groups in total. The van der Waals surface area contributed by atoms with Gasteiger partial charge in [0.05, 0.1) is 11.3 Å². The summed E-state index contributed by atoms with van der Waals surface area (Å²) in [7, 11) is 1.68. The van der Waals surface area contributed by atoms with Crippen molar-refractivity contribution < 1.29 is 4.79 Å². The van der Waals surface area contributed by atoms with Gasteiger partial charge in [-0.3, -0.25) is 4.79 Å². The Labute approximate surface area is 107 Å². The number of piperidine rings is 1. The molecular formula is C14H17N3O. The van der Waals surface area contributed by atoms with Crippen molar-refractivity contribution in [1.82, 2.24) is 5.32 Å². The zero-order chi connectivity index (χ0) is 13.0. The van der Waals surface area contributed by atoms with Gasteiger partial charge in [-0.25, -0.2) is 0 Å². The summed E-state index contributed by atoms with van der Waals surface area (Å²) >= 11 is 0. The molecular weight excluding hydrogens is 226 g/mol. The molecule has 0 aromatic heterocycles. The van der Waals surface area contributed by atoms with Crippen LogP contribution in [0.1, 0.15) is 18.4 Å². The second kappa shape index (κ2) is 5.54. The van der Waals surface area contributed by atoms with Crippen LogP contribution in [-0.2, 0) is 4.79 Å². The van der Waals surface area contributed by atoms with Gasteiger partial charge in [-0.15, -0.1) is 0 Å². The number of carbonyl (C=O) groups excluding carboxylic acids is 1. The molecule has 0 atom stereocenters. The first-order valence-electron chi connectivity index (χ1n) is 6.22. The first kappa shape index (κ1) is 12.4. The van der Waals surface area contributed by atoms with Crippen LogP contribution in [0.25, 0.3) is 0 Å². The first-order valence-corrected chi connectivity index (χ1v) is 6.22. The lowest BCUT2D eigenvalue weighted by molar-refractivity contribution is -0.125. The second-order valence-corrected chi connectivity index (χ2v) is 4.50. The molecule has 1 aliphatic heterocycles. The van der Waals surface area contributed by atoms with Crippen molar-refractivity contribution in [2.24, 2.45) is 5.92 Å². The van der Waals surface area contributed by atoms with Gasteiger partial charge in [0, 0.05) is 26.1 Å². The number of nitrogens with zero attached hydrogens (tertiary/aromatic N) is 2. The van der Waals surface area contributed by atoms with Crippen molar-refractivity contribution >= 4 is 11.6 Å². The number of amides is 1. The number of nitriles is 1. The minimum absolute atomic E-state index is 0.112. The van der Waals surface area contributed by atoms with E-state index in [9.17, 15) is 4.79 Å². The number of hydrogen-bond acceptors (Lipinski definition) is 3. The van der Waals surface area contributed by atoms with Crippen molar-refractivity contribution in [3.63, 3.8) is 0 Å². The van der Waals surface area contributed by atoms with Crippen LogP contribution in [0.5, 0.6) is 0 Å². The average Bonchev–Trinajstić information content (AvgIpc) is 2.46. The number of anilines is 1. The Bertz CT molecular complexity index is 470. The molecule has 1 heterocycles. The maximum absolute atomic E-state index is 11.6. The highest BCUT2D eigenvalue weighted by Crippen LogP contribution is 2.25. The number of nitrogens with one attached hydrogen (secondary N) is 1. The zero-order valence-electron chi connectivity index (χ0n) is 10.5. The van der Waals surface area contributed by atoms with Crippen molar-refractivity contribution in [2.75, 3.05) is 25.0 Å². The van der Waals surface area contributed by atoms with Gasteiger partial charge in [-0.05, 0) is 25.0 Å².